The van der Waals surface area contributed by atoms with Gasteiger partial charge in [-0.1, -0.05) is 38.1 Å². The fourth-order valence-electron chi connectivity index (χ4n) is 2.95. The van der Waals surface area contributed by atoms with Crippen molar-refractivity contribution < 1.29 is 29.6 Å². The lowest BCUT2D eigenvalue weighted by Gasteiger charge is -2.21. The molecular formula is C19H28O6. The van der Waals surface area contributed by atoms with Crippen LogP contribution in [0, 0.1) is 5.92 Å². The van der Waals surface area contributed by atoms with Crippen LogP contribution in [0.5, 0.6) is 0 Å². The standard InChI is InChI=1S/C19H28O6/c1-11(2)7-13-5-4-6-14(8-13)12(3)19(23)25-10-16(21)18-17(22)15(20)9-24-18/h4-6,8,11-12,15-18,20-22H,7,9-10H2,1-3H3/t12?,15-,16+,17+,18+/m0/s1. The second-order valence-electron chi connectivity index (χ2n) is 7.12. The molecule has 6 nitrogen and oxygen atoms in total. The largest absolute Gasteiger partial charge is 0.462 e. The van der Waals surface area contributed by atoms with Crippen LogP contribution in [0.2, 0.25) is 0 Å². The first kappa shape index (κ1) is 19.8. The Morgan fingerprint density at radius 2 is 2.04 bits per heavy atom. The molecule has 0 aliphatic carbocycles. The maximum atomic E-state index is 12.3. The lowest BCUT2D eigenvalue weighted by molar-refractivity contribution is -0.152. The van der Waals surface area contributed by atoms with Crippen molar-refractivity contribution in [2.24, 2.45) is 5.92 Å². The minimum Gasteiger partial charge on any atom is -0.462 e. The van der Waals surface area contributed by atoms with Gasteiger partial charge >= 0.3 is 5.97 Å². The molecule has 1 unspecified atom stereocenters. The third-order valence-electron chi connectivity index (χ3n) is 4.41. The van der Waals surface area contributed by atoms with E-state index in [0.29, 0.717) is 5.92 Å². The van der Waals surface area contributed by atoms with Gasteiger partial charge in [0, 0.05) is 0 Å². The molecule has 0 radical (unpaired) electrons. The number of ether oxygens (including phenoxy) is 2. The van der Waals surface area contributed by atoms with E-state index < -0.39 is 36.3 Å². The van der Waals surface area contributed by atoms with Crippen LogP contribution in [-0.4, -0.2) is 58.9 Å². The summed E-state index contributed by atoms with van der Waals surface area (Å²) in [5, 5.41) is 29.1. The number of aliphatic hydroxyl groups excluding tert-OH is 3. The van der Waals surface area contributed by atoms with Gasteiger partial charge < -0.3 is 24.8 Å². The van der Waals surface area contributed by atoms with E-state index in [0.717, 1.165) is 12.0 Å². The predicted octanol–water partition coefficient (Wildman–Crippen LogP) is 1.01. The van der Waals surface area contributed by atoms with Crippen LogP contribution >= 0.6 is 0 Å². The maximum Gasteiger partial charge on any atom is 0.313 e. The average molecular weight is 352 g/mol. The van der Waals surface area contributed by atoms with Crippen LogP contribution in [0.15, 0.2) is 24.3 Å². The SMILES string of the molecule is CC(C)Cc1cccc(C(C)C(=O)OC[C@@H](O)[C@H]2OC[C@H](O)[C@H]2O)c1. The molecule has 6 heteroatoms. The second-order valence-corrected chi connectivity index (χ2v) is 7.12. The zero-order valence-corrected chi connectivity index (χ0v) is 15.0. The zero-order valence-electron chi connectivity index (χ0n) is 15.0. The van der Waals surface area contributed by atoms with Gasteiger partial charge in [-0.3, -0.25) is 4.79 Å². The molecule has 0 aromatic heterocycles. The number of aliphatic hydroxyl groups is 3. The summed E-state index contributed by atoms with van der Waals surface area (Å²) in [6.07, 6.45) is -3.41. The maximum absolute atomic E-state index is 12.3. The number of hydrogen-bond donors (Lipinski definition) is 3. The molecule has 1 aromatic rings. The Morgan fingerprint density at radius 1 is 1.32 bits per heavy atom. The first-order valence-corrected chi connectivity index (χ1v) is 8.70. The quantitative estimate of drug-likeness (QED) is 0.634. The molecular weight excluding hydrogens is 324 g/mol. The van der Waals surface area contributed by atoms with Gasteiger partial charge in [0.05, 0.1) is 12.5 Å². The summed E-state index contributed by atoms with van der Waals surface area (Å²) in [4.78, 5) is 12.3. The number of carbonyl (C=O) groups is 1. The summed E-state index contributed by atoms with van der Waals surface area (Å²) in [7, 11) is 0. The molecule has 140 valence electrons. The fourth-order valence-corrected chi connectivity index (χ4v) is 2.95. The zero-order chi connectivity index (χ0) is 18.6. The van der Waals surface area contributed by atoms with E-state index in [9.17, 15) is 20.1 Å². The molecule has 1 aliphatic heterocycles. The molecule has 1 aromatic carbocycles. The minimum atomic E-state index is -1.18. The summed E-state index contributed by atoms with van der Waals surface area (Å²) in [6.45, 7) is 5.71. The van der Waals surface area contributed by atoms with Crippen LogP contribution in [0.1, 0.15) is 37.8 Å². The number of hydrogen-bond acceptors (Lipinski definition) is 6. The van der Waals surface area contributed by atoms with E-state index in [1.54, 1.807) is 6.92 Å². The van der Waals surface area contributed by atoms with E-state index in [2.05, 4.69) is 13.8 Å². The highest BCUT2D eigenvalue weighted by molar-refractivity contribution is 5.77. The van der Waals surface area contributed by atoms with Crippen molar-refractivity contribution >= 4 is 5.97 Å². The molecule has 0 bridgehead atoms. The second kappa shape index (κ2) is 8.76. The topological polar surface area (TPSA) is 96.2 Å². The Labute approximate surface area is 148 Å². The summed E-state index contributed by atoms with van der Waals surface area (Å²) in [6, 6.07) is 7.85. The predicted molar refractivity (Wildman–Crippen MR) is 92.1 cm³/mol. The highest BCUT2D eigenvalue weighted by Crippen LogP contribution is 2.21. The van der Waals surface area contributed by atoms with Crippen molar-refractivity contribution in [1.82, 2.24) is 0 Å². The van der Waals surface area contributed by atoms with Crippen LogP contribution in [0.25, 0.3) is 0 Å². The van der Waals surface area contributed by atoms with Gasteiger partial charge in [0.1, 0.15) is 31.0 Å². The van der Waals surface area contributed by atoms with Crippen LogP contribution < -0.4 is 0 Å². The van der Waals surface area contributed by atoms with Crippen molar-refractivity contribution in [3.8, 4) is 0 Å². The molecule has 1 saturated heterocycles. The van der Waals surface area contributed by atoms with Gasteiger partial charge in [0.25, 0.3) is 0 Å². The minimum absolute atomic E-state index is 0.0457. The average Bonchev–Trinajstić information content (AvgIpc) is 2.90. The summed E-state index contributed by atoms with van der Waals surface area (Å²) < 4.78 is 10.3. The van der Waals surface area contributed by atoms with Crippen molar-refractivity contribution in [3.63, 3.8) is 0 Å². The van der Waals surface area contributed by atoms with Crippen LogP contribution in [0.4, 0.5) is 0 Å². The molecule has 2 rings (SSSR count). The Balaban J connectivity index is 1.90. The van der Waals surface area contributed by atoms with Crippen molar-refractivity contribution in [2.75, 3.05) is 13.2 Å². The van der Waals surface area contributed by atoms with E-state index in [4.69, 9.17) is 9.47 Å². The van der Waals surface area contributed by atoms with Gasteiger partial charge in [-0.05, 0) is 30.4 Å². The van der Waals surface area contributed by atoms with Crippen molar-refractivity contribution in [3.05, 3.63) is 35.4 Å². The third-order valence-corrected chi connectivity index (χ3v) is 4.41. The summed E-state index contributed by atoms with van der Waals surface area (Å²) in [5.41, 5.74) is 2.04. The Hall–Kier alpha value is -1.47. The normalized spacial score (nSPS) is 25.8. The summed E-state index contributed by atoms with van der Waals surface area (Å²) in [5.74, 6) is -0.381. The number of rotatable bonds is 7. The van der Waals surface area contributed by atoms with E-state index >= 15 is 0 Å². The van der Waals surface area contributed by atoms with E-state index in [1.165, 1.54) is 5.56 Å². The van der Waals surface area contributed by atoms with Crippen molar-refractivity contribution in [1.29, 1.82) is 0 Å². The van der Waals surface area contributed by atoms with Crippen molar-refractivity contribution in [2.45, 2.75) is 57.5 Å². The smallest absolute Gasteiger partial charge is 0.313 e. The van der Waals surface area contributed by atoms with Crippen LogP contribution in [0.3, 0.4) is 0 Å². The molecule has 0 amide bonds. The Kier molecular flexibility index (Phi) is 6.95. The number of benzene rings is 1. The lowest BCUT2D eigenvalue weighted by atomic mass is 9.95. The Bertz CT molecular complexity index is 573. The van der Waals surface area contributed by atoms with Gasteiger partial charge in [-0.15, -0.1) is 0 Å². The molecule has 3 N–H and O–H groups in total. The molecule has 0 spiro atoms. The molecule has 25 heavy (non-hydrogen) atoms. The molecule has 1 aliphatic rings. The highest BCUT2D eigenvalue weighted by atomic mass is 16.6. The fraction of sp³-hybridized carbons (Fsp3) is 0.632. The highest BCUT2D eigenvalue weighted by Gasteiger charge is 2.39. The van der Waals surface area contributed by atoms with Gasteiger partial charge in [-0.2, -0.15) is 0 Å². The van der Waals surface area contributed by atoms with Gasteiger partial charge in [0.15, 0.2) is 0 Å². The van der Waals surface area contributed by atoms with Gasteiger partial charge in [-0.25, -0.2) is 0 Å². The number of carbonyl (C=O) groups excluding carboxylic acids is 1. The first-order chi connectivity index (χ1) is 11.8. The number of esters is 1. The molecule has 1 heterocycles. The third kappa shape index (κ3) is 5.25. The Morgan fingerprint density at radius 3 is 2.64 bits per heavy atom. The van der Waals surface area contributed by atoms with Gasteiger partial charge in [0.2, 0.25) is 0 Å². The monoisotopic (exact) mass is 352 g/mol. The first-order valence-electron chi connectivity index (χ1n) is 8.70. The lowest BCUT2D eigenvalue weighted by Crippen LogP contribution is -2.41. The molecule has 5 atom stereocenters. The van der Waals surface area contributed by atoms with Crippen LogP contribution in [-0.2, 0) is 20.7 Å². The molecule has 0 saturated carbocycles. The molecule has 1 fully saturated rings. The van der Waals surface area contributed by atoms with E-state index in [-0.39, 0.29) is 13.2 Å². The van der Waals surface area contributed by atoms with E-state index in [1.807, 2.05) is 24.3 Å². The summed E-state index contributed by atoms with van der Waals surface area (Å²) >= 11 is 0.